The summed E-state index contributed by atoms with van der Waals surface area (Å²) in [6, 6.07) is 0. The summed E-state index contributed by atoms with van der Waals surface area (Å²) >= 11 is 0. The number of carbonyl (C=O) groups is 2. The van der Waals surface area contributed by atoms with Crippen LogP contribution in [-0.4, -0.2) is 46.5 Å². The molecule has 1 aromatic heterocycles. The molecule has 1 rings (SSSR count). The van der Waals surface area contributed by atoms with Crippen LogP contribution in [0.25, 0.3) is 0 Å². The van der Waals surface area contributed by atoms with Gasteiger partial charge in [0.1, 0.15) is 0 Å². The fraction of sp³-hybridized carbons (Fsp3) is 0.500. The summed E-state index contributed by atoms with van der Waals surface area (Å²) in [5, 5.41) is 15.1. The molecule has 0 radical (unpaired) electrons. The van der Waals surface area contributed by atoms with Gasteiger partial charge in [0.15, 0.2) is 6.10 Å². The number of aliphatic carboxylic acids is 1. The Balaban J connectivity index is 2.61. The maximum Gasteiger partial charge on any atom is 0.334 e. The fourth-order valence-corrected chi connectivity index (χ4v) is 1.27. The molecule has 0 aliphatic carbocycles. The van der Waals surface area contributed by atoms with E-state index in [4.69, 9.17) is 9.84 Å². The minimum atomic E-state index is -1.12. The van der Waals surface area contributed by atoms with Gasteiger partial charge in [-0.2, -0.15) is 5.10 Å². The van der Waals surface area contributed by atoms with Crippen molar-refractivity contribution in [3.63, 3.8) is 0 Å². The lowest BCUT2D eigenvalue weighted by Crippen LogP contribution is -2.37. The molecular weight excluding hydrogens is 226 g/mol. The smallest absolute Gasteiger partial charge is 0.334 e. The number of carboxylic acid groups (broad SMARTS) is 1. The highest BCUT2D eigenvalue weighted by Crippen LogP contribution is 2.05. The van der Waals surface area contributed by atoms with E-state index in [1.54, 1.807) is 18.7 Å². The molecule has 1 unspecified atom stereocenters. The molecule has 2 N–H and O–H groups in total. The van der Waals surface area contributed by atoms with Crippen molar-refractivity contribution in [2.75, 3.05) is 13.7 Å². The molecule has 0 aromatic carbocycles. The molecule has 0 aliphatic rings. The van der Waals surface area contributed by atoms with Crippen LogP contribution in [0.4, 0.5) is 0 Å². The van der Waals surface area contributed by atoms with Gasteiger partial charge < -0.3 is 15.2 Å². The molecule has 0 bridgehead atoms. The van der Waals surface area contributed by atoms with Crippen molar-refractivity contribution in [1.29, 1.82) is 0 Å². The quantitative estimate of drug-likeness (QED) is 0.728. The first-order valence-corrected chi connectivity index (χ1v) is 4.99. The molecular formula is C10H15N3O4. The first kappa shape index (κ1) is 13.2. The van der Waals surface area contributed by atoms with Crippen molar-refractivity contribution >= 4 is 11.9 Å². The van der Waals surface area contributed by atoms with Gasteiger partial charge in [0.05, 0.1) is 18.3 Å². The number of nitrogens with zero attached hydrogens (tertiary/aromatic N) is 2. The van der Waals surface area contributed by atoms with Crippen molar-refractivity contribution in [2.24, 2.45) is 7.05 Å². The highest BCUT2D eigenvalue weighted by Gasteiger charge is 2.19. The van der Waals surface area contributed by atoms with Crippen molar-refractivity contribution in [3.05, 3.63) is 17.5 Å². The molecule has 1 aromatic rings. The average Bonchev–Trinajstić information content (AvgIpc) is 2.60. The van der Waals surface area contributed by atoms with Gasteiger partial charge in [-0.3, -0.25) is 9.48 Å². The third-order valence-electron chi connectivity index (χ3n) is 2.49. The van der Waals surface area contributed by atoms with Gasteiger partial charge >= 0.3 is 5.97 Å². The van der Waals surface area contributed by atoms with Crippen LogP contribution in [0.15, 0.2) is 6.20 Å². The van der Waals surface area contributed by atoms with Crippen LogP contribution in [-0.2, 0) is 16.6 Å². The van der Waals surface area contributed by atoms with Crippen molar-refractivity contribution < 1.29 is 19.4 Å². The largest absolute Gasteiger partial charge is 0.479 e. The molecule has 0 spiro atoms. The predicted octanol–water partition coefficient (Wildman–Crippen LogP) is -0.442. The Hall–Kier alpha value is -1.89. The highest BCUT2D eigenvalue weighted by atomic mass is 16.5. The molecule has 1 atom stereocenters. The standard InChI is InChI=1S/C10H15N3O4/c1-6-7(4-12-13(6)2)9(14)11-5-8(17-3)10(15)16/h4,8H,5H2,1-3H3,(H,11,14)(H,15,16). The van der Waals surface area contributed by atoms with Crippen LogP contribution in [0.2, 0.25) is 0 Å². The summed E-state index contributed by atoms with van der Waals surface area (Å²) in [6.07, 6.45) is 0.392. The second kappa shape index (κ2) is 5.44. The lowest BCUT2D eigenvalue weighted by Gasteiger charge is -2.11. The number of rotatable bonds is 5. The maximum absolute atomic E-state index is 11.7. The Bertz CT molecular complexity index is 427. The van der Waals surface area contributed by atoms with Gasteiger partial charge in [0, 0.05) is 19.9 Å². The Labute approximate surface area is 98.4 Å². The number of nitrogens with one attached hydrogen (secondary N) is 1. The third-order valence-corrected chi connectivity index (χ3v) is 2.49. The third kappa shape index (κ3) is 3.04. The minimum absolute atomic E-state index is 0.0843. The van der Waals surface area contributed by atoms with Crippen molar-refractivity contribution in [1.82, 2.24) is 15.1 Å². The van der Waals surface area contributed by atoms with E-state index in [-0.39, 0.29) is 12.5 Å². The molecule has 94 valence electrons. The SMILES string of the molecule is COC(CNC(=O)c1cnn(C)c1C)C(=O)O. The average molecular weight is 241 g/mol. The Morgan fingerprint density at radius 1 is 1.65 bits per heavy atom. The summed E-state index contributed by atoms with van der Waals surface area (Å²) in [6.45, 7) is 1.67. The van der Waals surface area contributed by atoms with Gasteiger partial charge in [-0.25, -0.2) is 4.79 Å². The van der Waals surface area contributed by atoms with E-state index in [2.05, 4.69) is 10.4 Å². The number of carbonyl (C=O) groups excluding carboxylic acids is 1. The first-order valence-electron chi connectivity index (χ1n) is 4.99. The van der Waals surface area contributed by atoms with Crippen LogP contribution in [0.3, 0.4) is 0 Å². The molecule has 0 saturated carbocycles. The van der Waals surface area contributed by atoms with Gasteiger partial charge in [-0.15, -0.1) is 0 Å². The number of hydrogen-bond acceptors (Lipinski definition) is 4. The number of hydrogen-bond donors (Lipinski definition) is 2. The van der Waals surface area contributed by atoms with E-state index in [0.29, 0.717) is 11.3 Å². The van der Waals surface area contributed by atoms with E-state index in [1.807, 2.05) is 0 Å². The van der Waals surface area contributed by atoms with Crippen LogP contribution >= 0.6 is 0 Å². The van der Waals surface area contributed by atoms with Crippen LogP contribution in [0.5, 0.6) is 0 Å². The van der Waals surface area contributed by atoms with E-state index >= 15 is 0 Å². The zero-order valence-corrected chi connectivity index (χ0v) is 9.93. The maximum atomic E-state index is 11.7. The topological polar surface area (TPSA) is 93.5 Å². The van der Waals surface area contributed by atoms with Gasteiger partial charge in [-0.05, 0) is 6.92 Å². The van der Waals surface area contributed by atoms with Crippen molar-refractivity contribution in [3.8, 4) is 0 Å². The van der Waals surface area contributed by atoms with Crippen LogP contribution < -0.4 is 5.32 Å². The first-order chi connectivity index (χ1) is 7.97. The lowest BCUT2D eigenvalue weighted by atomic mass is 10.2. The monoisotopic (exact) mass is 241 g/mol. The van der Waals surface area contributed by atoms with Crippen LogP contribution in [0.1, 0.15) is 16.1 Å². The molecule has 1 heterocycles. The van der Waals surface area contributed by atoms with Crippen LogP contribution in [0, 0.1) is 6.92 Å². The molecule has 7 heteroatoms. The number of methoxy groups -OCH3 is 1. The summed E-state index contributed by atoms with van der Waals surface area (Å²) in [5.74, 6) is -1.48. The molecule has 0 saturated heterocycles. The Kier molecular flexibility index (Phi) is 4.22. The molecule has 0 fully saturated rings. The number of carboxylic acids is 1. The molecule has 1 amide bonds. The summed E-state index contributed by atoms with van der Waals surface area (Å²) in [5.41, 5.74) is 1.14. The van der Waals surface area contributed by atoms with E-state index < -0.39 is 12.1 Å². The summed E-state index contributed by atoms with van der Waals surface area (Å²) in [4.78, 5) is 22.4. The summed E-state index contributed by atoms with van der Waals surface area (Å²) < 4.78 is 6.27. The Morgan fingerprint density at radius 3 is 2.71 bits per heavy atom. The predicted molar refractivity (Wildman–Crippen MR) is 58.7 cm³/mol. The van der Waals surface area contributed by atoms with E-state index in [9.17, 15) is 9.59 Å². The summed E-state index contributed by atoms with van der Waals surface area (Å²) in [7, 11) is 3.00. The number of amides is 1. The number of aromatic nitrogens is 2. The normalized spacial score (nSPS) is 12.2. The second-order valence-corrected chi connectivity index (χ2v) is 3.54. The number of ether oxygens (including phenoxy) is 1. The molecule has 7 nitrogen and oxygen atoms in total. The highest BCUT2D eigenvalue weighted by molar-refractivity contribution is 5.95. The van der Waals surface area contributed by atoms with Gasteiger partial charge in [0.2, 0.25) is 0 Å². The molecule has 0 aliphatic heterocycles. The zero-order valence-electron chi connectivity index (χ0n) is 9.93. The fourth-order valence-electron chi connectivity index (χ4n) is 1.27. The molecule has 17 heavy (non-hydrogen) atoms. The minimum Gasteiger partial charge on any atom is -0.479 e. The lowest BCUT2D eigenvalue weighted by molar-refractivity contribution is -0.148. The zero-order chi connectivity index (χ0) is 13.0. The van der Waals surface area contributed by atoms with Gasteiger partial charge in [0.25, 0.3) is 5.91 Å². The van der Waals surface area contributed by atoms with Gasteiger partial charge in [-0.1, -0.05) is 0 Å². The second-order valence-electron chi connectivity index (χ2n) is 3.54. The number of aryl methyl sites for hydroxylation is 1. The van der Waals surface area contributed by atoms with Crippen molar-refractivity contribution in [2.45, 2.75) is 13.0 Å². The van der Waals surface area contributed by atoms with E-state index in [1.165, 1.54) is 13.3 Å². The Morgan fingerprint density at radius 2 is 2.29 bits per heavy atom. The van der Waals surface area contributed by atoms with E-state index in [0.717, 1.165) is 0 Å².